The van der Waals surface area contributed by atoms with Crippen molar-refractivity contribution in [3.8, 4) is 0 Å². The maximum absolute atomic E-state index is 13.1. The maximum atomic E-state index is 13.1. The van der Waals surface area contributed by atoms with Gasteiger partial charge in [-0.25, -0.2) is 0 Å². The van der Waals surface area contributed by atoms with E-state index in [1.165, 1.54) is 5.56 Å². The number of carbonyl (C=O) groups is 1. The lowest BCUT2D eigenvalue weighted by Crippen LogP contribution is -2.45. The molecular formula is C18H23N3O2. The third-order valence-corrected chi connectivity index (χ3v) is 4.63. The van der Waals surface area contributed by atoms with Gasteiger partial charge in [0.1, 0.15) is 5.82 Å². The Morgan fingerprint density at radius 1 is 1.22 bits per heavy atom. The molecule has 0 unspecified atom stereocenters. The average molecular weight is 313 g/mol. The SMILES string of the molecule is Cc1ccc(C2(C(=O)Nc3cc(C)nn3C)CCOCC2)cc1. The second-order valence-electron chi connectivity index (χ2n) is 6.31. The van der Waals surface area contributed by atoms with Crippen LogP contribution in [0.3, 0.4) is 0 Å². The Morgan fingerprint density at radius 2 is 1.87 bits per heavy atom. The van der Waals surface area contributed by atoms with Crippen LogP contribution in [-0.2, 0) is 22.0 Å². The van der Waals surface area contributed by atoms with Gasteiger partial charge in [-0.2, -0.15) is 5.10 Å². The minimum atomic E-state index is -0.538. The summed E-state index contributed by atoms with van der Waals surface area (Å²) >= 11 is 0. The van der Waals surface area contributed by atoms with Crippen LogP contribution in [0.1, 0.15) is 29.7 Å². The molecule has 5 heteroatoms. The average Bonchev–Trinajstić information content (AvgIpc) is 2.86. The van der Waals surface area contributed by atoms with Crippen molar-refractivity contribution in [1.82, 2.24) is 9.78 Å². The number of ether oxygens (including phenoxy) is 1. The number of rotatable bonds is 3. The highest BCUT2D eigenvalue weighted by Gasteiger charge is 2.42. The molecule has 0 radical (unpaired) electrons. The minimum absolute atomic E-state index is 0.0210. The van der Waals surface area contributed by atoms with Crippen molar-refractivity contribution in [2.45, 2.75) is 32.1 Å². The Hall–Kier alpha value is -2.14. The number of benzene rings is 1. The van der Waals surface area contributed by atoms with Crippen molar-refractivity contribution >= 4 is 11.7 Å². The number of nitrogens with zero attached hydrogens (tertiary/aromatic N) is 2. The number of nitrogens with one attached hydrogen (secondary N) is 1. The van der Waals surface area contributed by atoms with Crippen molar-refractivity contribution in [2.75, 3.05) is 18.5 Å². The van der Waals surface area contributed by atoms with E-state index in [0.717, 1.165) is 17.1 Å². The minimum Gasteiger partial charge on any atom is -0.381 e. The van der Waals surface area contributed by atoms with Gasteiger partial charge in [0, 0.05) is 26.3 Å². The van der Waals surface area contributed by atoms with E-state index in [0.29, 0.717) is 26.1 Å². The van der Waals surface area contributed by atoms with Crippen LogP contribution in [-0.4, -0.2) is 28.9 Å². The van der Waals surface area contributed by atoms with Gasteiger partial charge in [-0.15, -0.1) is 0 Å². The number of anilines is 1. The lowest BCUT2D eigenvalue weighted by molar-refractivity contribution is -0.125. The Balaban J connectivity index is 1.93. The molecule has 1 fully saturated rings. The van der Waals surface area contributed by atoms with Crippen molar-refractivity contribution in [3.05, 3.63) is 47.2 Å². The van der Waals surface area contributed by atoms with Gasteiger partial charge in [0.15, 0.2) is 0 Å². The van der Waals surface area contributed by atoms with Gasteiger partial charge in [0.2, 0.25) is 5.91 Å². The van der Waals surface area contributed by atoms with Crippen LogP contribution in [0, 0.1) is 13.8 Å². The first-order valence-corrected chi connectivity index (χ1v) is 7.98. The lowest BCUT2D eigenvalue weighted by atomic mass is 9.73. The third-order valence-electron chi connectivity index (χ3n) is 4.63. The summed E-state index contributed by atoms with van der Waals surface area (Å²) in [5.74, 6) is 0.748. The number of amides is 1. The Kier molecular flexibility index (Phi) is 4.22. The summed E-state index contributed by atoms with van der Waals surface area (Å²) in [6.45, 7) is 5.18. The van der Waals surface area contributed by atoms with E-state index in [-0.39, 0.29) is 5.91 Å². The molecule has 1 N–H and O–H groups in total. The molecule has 0 spiro atoms. The summed E-state index contributed by atoms with van der Waals surface area (Å²) in [6.07, 6.45) is 1.39. The number of aromatic nitrogens is 2. The van der Waals surface area contributed by atoms with Crippen molar-refractivity contribution in [2.24, 2.45) is 7.05 Å². The fourth-order valence-corrected chi connectivity index (χ4v) is 3.20. The molecule has 5 nitrogen and oxygen atoms in total. The third kappa shape index (κ3) is 3.01. The molecule has 0 bridgehead atoms. The molecule has 1 saturated heterocycles. The molecular weight excluding hydrogens is 290 g/mol. The second kappa shape index (κ2) is 6.16. The predicted molar refractivity (Wildman–Crippen MR) is 89.5 cm³/mol. The Labute approximate surface area is 136 Å². The molecule has 122 valence electrons. The first-order chi connectivity index (χ1) is 11.0. The molecule has 1 aliphatic rings. The number of hydrogen-bond acceptors (Lipinski definition) is 3. The smallest absolute Gasteiger partial charge is 0.236 e. The van der Waals surface area contributed by atoms with Crippen molar-refractivity contribution in [1.29, 1.82) is 0 Å². The van der Waals surface area contributed by atoms with E-state index in [4.69, 9.17) is 4.74 Å². The van der Waals surface area contributed by atoms with E-state index in [2.05, 4.69) is 41.6 Å². The van der Waals surface area contributed by atoms with E-state index in [1.54, 1.807) is 4.68 Å². The zero-order valence-corrected chi connectivity index (χ0v) is 13.9. The fraction of sp³-hybridized carbons (Fsp3) is 0.444. The van der Waals surface area contributed by atoms with E-state index >= 15 is 0 Å². The predicted octanol–water partition coefficient (Wildman–Crippen LogP) is 2.72. The van der Waals surface area contributed by atoms with E-state index in [9.17, 15) is 4.79 Å². The monoisotopic (exact) mass is 313 g/mol. The largest absolute Gasteiger partial charge is 0.381 e. The number of carbonyl (C=O) groups excluding carboxylic acids is 1. The van der Waals surface area contributed by atoms with Gasteiger partial charge < -0.3 is 10.1 Å². The molecule has 23 heavy (non-hydrogen) atoms. The van der Waals surface area contributed by atoms with Crippen molar-refractivity contribution in [3.63, 3.8) is 0 Å². The summed E-state index contributed by atoms with van der Waals surface area (Å²) in [6, 6.07) is 10.1. The molecule has 1 aromatic heterocycles. The van der Waals surface area contributed by atoms with Crippen LogP contribution >= 0.6 is 0 Å². The molecule has 0 saturated carbocycles. The highest BCUT2D eigenvalue weighted by Crippen LogP contribution is 2.36. The summed E-state index contributed by atoms with van der Waals surface area (Å²) < 4.78 is 7.20. The maximum Gasteiger partial charge on any atom is 0.236 e. The van der Waals surface area contributed by atoms with Gasteiger partial charge in [0.25, 0.3) is 0 Å². The normalized spacial score (nSPS) is 17.0. The van der Waals surface area contributed by atoms with Crippen LogP contribution in [0.4, 0.5) is 5.82 Å². The van der Waals surface area contributed by atoms with E-state index in [1.807, 2.05) is 20.0 Å². The zero-order valence-electron chi connectivity index (χ0n) is 13.9. The quantitative estimate of drug-likeness (QED) is 0.948. The van der Waals surface area contributed by atoms with Crippen LogP contribution in [0.15, 0.2) is 30.3 Å². The topological polar surface area (TPSA) is 56.2 Å². The van der Waals surface area contributed by atoms with Crippen LogP contribution in [0.5, 0.6) is 0 Å². The molecule has 1 aliphatic heterocycles. The van der Waals surface area contributed by atoms with Gasteiger partial charge in [-0.05, 0) is 32.3 Å². The van der Waals surface area contributed by atoms with Gasteiger partial charge in [-0.1, -0.05) is 29.8 Å². The second-order valence-corrected chi connectivity index (χ2v) is 6.31. The van der Waals surface area contributed by atoms with E-state index < -0.39 is 5.41 Å². The summed E-state index contributed by atoms with van der Waals surface area (Å²) in [4.78, 5) is 13.1. The molecule has 0 aliphatic carbocycles. The molecule has 1 amide bonds. The highest BCUT2D eigenvalue weighted by molar-refractivity contribution is 5.98. The zero-order chi connectivity index (χ0) is 16.4. The fourth-order valence-electron chi connectivity index (χ4n) is 3.20. The number of hydrogen-bond donors (Lipinski definition) is 1. The van der Waals surface area contributed by atoms with Gasteiger partial charge in [-0.3, -0.25) is 9.48 Å². The van der Waals surface area contributed by atoms with Gasteiger partial charge >= 0.3 is 0 Å². The van der Waals surface area contributed by atoms with Crippen LogP contribution in [0.25, 0.3) is 0 Å². The van der Waals surface area contributed by atoms with Gasteiger partial charge in [0.05, 0.1) is 11.1 Å². The summed E-state index contributed by atoms with van der Waals surface area (Å²) in [7, 11) is 1.84. The first kappa shape index (κ1) is 15.7. The Morgan fingerprint density at radius 3 is 2.43 bits per heavy atom. The summed E-state index contributed by atoms with van der Waals surface area (Å²) in [5, 5.41) is 7.35. The van der Waals surface area contributed by atoms with Crippen LogP contribution < -0.4 is 5.32 Å². The van der Waals surface area contributed by atoms with Crippen molar-refractivity contribution < 1.29 is 9.53 Å². The first-order valence-electron chi connectivity index (χ1n) is 7.98. The standard InChI is InChI=1S/C18H23N3O2/c1-13-4-6-15(7-5-13)18(8-10-23-11-9-18)17(22)19-16-12-14(2)20-21(16)3/h4-7,12H,8-11H2,1-3H3,(H,19,22). The molecule has 0 atom stereocenters. The lowest BCUT2D eigenvalue weighted by Gasteiger charge is -2.36. The highest BCUT2D eigenvalue weighted by atomic mass is 16.5. The number of aryl methyl sites for hydroxylation is 3. The summed E-state index contributed by atoms with van der Waals surface area (Å²) in [5.41, 5.74) is 2.60. The molecule has 3 rings (SSSR count). The van der Waals surface area contributed by atoms with Crippen LogP contribution in [0.2, 0.25) is 0 Å². The molecule has 2 aromatic rings. The molecule has 1 aromatic carbocycles. The molecule has 2 heterocycles. The Bertz CT molecular complexity index is 698.